The summed E-state index contributed by atoms with van der Waals surface area (Å²) in [6.45, 7) is 4.67. The molecule has 0 atom stereocenters. The van der Waals surface area contributed by atoms with Crippen LogP contribution in [-0.4, -0.2) is 39.0 Å². The van der Waals surface area contributed by atoms with Gasteiger partial charge in [-0.05, 0) is 57.2 Å². The van der Waals surface area contributed by atoms with E-state index in [0.717, 1.165) is 36.1 Å². The van der Waals surface area contributed by atoms with Crippen molar-refractivity contribution in [2.24, 2.45) is 0 Å². The summed E-state index contributed by atoms with van der Waals surface area (Å²) < 4.78 is 26.1. The minimum Gasteiger partial charge on any atom is -0.486 e. The molecule has 4 rings (SSSR count). The van der Waals surface area contributed by atoms with Crippen molar-refractivity contribution in [1.29, 1.82) is 0 Å². The maximum Gasteiger partial charge on any atom is 0.341 e. The Morgan fingerprint density at radius 3 is 2.81 bits per heavy atom. The van der Waals surface area contributed by atoms with E-state index in [1.54, 1.807) is 6.92 Å². The third-order valence-corrected chi connectivity index (χ3v) is 8.07. The van der Waals surface area contributed by atoms with Gasteiger partial charge in [0.2, 0.25) is 5.91 Å². The Hall–Kier alpha value is -2.63. The zero-order valence-corrected chi connectivity index (χ0v) is 22.3. The molecule has 2 aromatic heterocycles. The van der Waals surface area contributed by atoms with Gasteiger partial charge in [0, 0.05) is 17.5 Å². The number of nitrogens with one attached hydrogen (secondary N) is 1. The van der Waals surface area contributed by atoms with Gasteiger partial charge in [-0.1, -0.05) is 23.4 Å². The quantitative estimate of drug-likeness (QED) is 0.261. The maximum absolute atomic E-state index is 13.4. The van der Waals surface area contributed by atoms with E-state index >= 15 is 0 Å². The second kappa shape index (κ2) is 12.1. The first kappa shape index (κ1) is 26.4. The highest BCUT2D eigenvalue weighted by Crippen LogP contribution is 2.38. The Bertz CT molecular complexity index is 1260. The van der Waals surface area contributed by atoms with E-state index < -0.39 is 11.8 Å². The van der Waals surface area contributed by atoms with Gasteiger partial charge in [0.05, 0.1) is 22.9 Å². The molecule has 0 fully saturated rings. The number of aromatic nitrogens is 3. The lowest BCUT2D eigenvalue weighted by molar-refractivity contribution is -0.113. The predicted molar refractivity (Wildman–Crippen MR) is 138 cm³/mol. The predicted octanol–water partition coefficient (Wildman–Crippen LogP) is 5.52. The first-order chi connectivity index (χ1) is 17.4. The van der Waals surface area contributed by atoms with Gasteiger partial charge in [0.15, 0.2) is 11.0 Å². The molecule has 1 amide bonds. The van der Waals surface area contributed by atoms with Gasteiger partial charge in [0.25, 0.3) is 0 Å². The van der Waals surface area contributed by atoms with E-state index in [1.165, 1.54) is 41.3 Å². The average molecular weight is 553 g/mol. The molecule has 0 aliphatic heterocycles. The van der Waals surface area contributed by atoms with Crippen molar-refractivity contribution in [1.82, 2.24) is 14.8 Å². The third-order valence-electron chi connectivity index (χ3n) is 5.60. The number of nitrogens with zero attached hydrogens (tertiary/aromatic N) is 3. The fourth-order valence-corrected chi connectivity index (χ4v) is 6.22. The summed E-state index contributed by atoms with van der Waals surface area (Å²) in [6, 6.07) is 4.12. The summed E-state index contributed by atoms with van der Waals surface area (Å²) in [7, 11) is 0. The van der Waals surface area contributed by atoms with Crippen LogP contribution in [0, 0.1) is 5.82 Å². The van der Waals surface area contributed by atoms with Crippen LogP contribution in [-0.2, 0) is 35.5 Å². The molecule has 0 saturated heterocycles. The van der Waals surface area contributed by atoms with E-state index in [2.05, 4.69) is 15.5 Å². The molecule has 36 heavy (non-hydrogen) atoms. The number of thiophene rings is 1. The van der Waals surface area contributed by atoms with Gasteiger partial charge in [-0.2, -0.15) is 0 Å². The van der Waals surface area contributed by atoms with Crippen LogP contribution in [0.4, 0.5) is 9.39 Å². The molecule has 0 saturated carbocycles. The molecule has 0 radical (unpaired) electrons. The van der Waals surface area contributed by atoms with Crippen molar-refractivity contribution in [2.75, 3.05) is 17.7 Å². The van der Waals surface area contributed by atoms with Crippen LogP contribution in [0.5, 0.6) is 5.75 Å². The standard InChI is InChI=1S/C24H26ClFN4O4S2/c1-3-30-19(12-34-14-9-10-17(26)16(25)11-14)28-29-24(30)35-13-20(31)27-22-21(23(32)33-4-2)15-7-5-6-8-18(15)36-22/h9-11H,3-8,12-13H2,1-2H3,(H,27,31). The number of anilines is 1. The Morgan fingerprint density at radius 1 is 1.25 bits per heavy atom. The van der Waals surface area contributed by atoms with Crippen molar-refractivity contribution < 1.29 is 23.5 Å². The van der Waals surface area contributed by atoms with Crippen LogP contribution >= 0.6 is 34.7 Å². The number of carbonyl (C=O) groups is 2. The minimum absolute atomic E-state index is 0.0237. The van der Waals surface area contributed by atoms with Crippen LogP contribution in [0.15, 0.2) is 23.4 Å². The summed E-state index contributed by atoms with van der Waals surface area (Å²) in [4.78, 5) is 26.6. The van der Waals surface area contributed by atoms with E-state index in [4.69, 9.17) is 21.1 Å². The van der Waals surface area contributed by atoms with Gasteiger partial charge in [-0.25, -0.2) is 9.18 Å². The highest BCUT2D eigenvalue weighted by atomic mass is 35.5. The summed E-state index contributed by atoms with van der Waals surface area (Å²) in [5.41, 5.74) is 1.50. The summed E-state index contributed by atoms with van der Waals surface area (Å²) in [6.07, 6.45) is 3.82. The molecule has 1 N–H and O–H groups in total. The van der Waals surface area contributed by atoms with Gasteiger partial charge >= 0.3 is 5.97 Å². The Morgan fingerprint density at radius 2 is 2.06 bits per heavy atom. The lowest BCUT2D eigenvalue weighted by atomic mass is 9.95. The molecule has 1 aliphatic carbocycles. The van der Waals surface area contributed by atoms with Crippen LogP contribution in [0.2, 0.25) is 5.02 Å². The number of ether oxygens (including phenoxy) is 2. The third kappa shape index (κ3) is 6.01. The zero-order chi connectivity index (χ0) is 25.7. The molecule has 8 nitrogen and oxygen atoms in total. The lowest BCUT2D eigenvalue weighted by Gasteiger charge is -2.12. The first-order valence-electron chi connectivity index (χ1n) is 11.6. The molecule has 3 aromatic rings. The molecule has 192 valence electrons. The molecule has 1 aliphatic rings. The molecule has 0 spiro atoms. The fourth-order valence-electron chi connectivity index (χ4n) is 3.93. The van der Waals surface area contributed by atoms with Crippen LogP contribution in [0.3, 0.4) is 0 Å². The van der Waals surface area contributed by atoms with E-state index in [9.17, 15) is 14.0 Å². The van der Waals surface area contributed by atoms with Crippen molar-refractivity contribution in [2.45, 2.75) is 57.8 Å². The number of thioether (sulfide) groups is 1. The number of rotatable bonds is 10. The molecule has 0 bridgehead atoms. The Kier molecular flexibility index (Phi) is 8.86. The largest absolute Gasteiger partial charge is 0.486 e. The number of amides is 1. The second-order valence-corrected chi connectivity index (χ2v) is 10.4. The molecule has 1 aromatic carbocycles. The molecular formula is C24H26ClFN4O4S2. The SMILES string of the molecule is CCOC(=O)c1c(NC(=O)CSc2nnc(COc3ccc(F)c(Cl)c3)n2CC)sc2c1CCCC2. The van der Waals surface area contributed by atoms with Crippen LogP contribution < -0.4 is 10.1 Å². The second-order valence-electron chi connectivity index (χ2n) is 7.98. The monoisotopic (exact) mass is 552 g/mol. The molecular weight excluding hydrogens is 527 g/mol. The number of fused-ring (bicyclic) bond motifs is 1. The summed E-state index contributed by atoms with van der Waals surface area (Å²) in [5, 5.41) is 12.4. The zero-order valence-electron chi connectivity index (χ0n) is 19.9. The Labute approximate surface area is 221 Å². The number of carbonyl (C=O) groups excluding carboxylic acids is 2. The minimum atomic E-state index is -0.519. The van der Waals surface area contributed by atoms with Crippen molar-refractivity contribution >= 4 is 51.6 Å². The normalized spacial score (nSPS) is 12.8. The fraction of sp³-hybridized carbons (Fsp3) is 0.417. The number of benzene rings is 1. The van der Waals surface area contributed by atoms with Crippen LogP contribution in [0.25, 0.3) is 0 Å². The lowest BCUT2D eigenvalue weighted by Crippen LogP contribution is -2.17. The number of halogens is 2. The van der Waals surface area contributed by atoms with E-state index in [-0.39, 0.29) is 29.9 Å². The number of aryl methyl sites for hydroxylation is 1. The highest BCUT2D eigenvalue weighted by Gasteiger charge is 2.27. The average Bonchev–Trinajstić information content (AvgIpc) is 3.43. The molecule has 12 heteroatoms. The van der Waals surface area contributed by atoms with Crippen molar-refractivity contribution in [3.8, 4) is 5.75 Å². The van der Waals surface area contributed by atoms with Gasteiger partial charge in [-0.15, -0.1) is 21.5 Å². The smallest absolute Gasteiger partial charge is 0.341 e. The Balaban J connectivity index is 1.40. The van der Waals surface area contributed by atoms with Crippen LogP contribution in [0.1, 0.15) is 53.3 Å². The van der Waals surface area contributed by atoms with Gasteiger partial charge < -0.3 is 19.4 Å². The van der Waals surface area contributed by atoms with E-state index in [0.29, 0.717) is 33.8 Å². The summed E-state index contributed by atoms with van der Waals surface area (Å²) in [5.74, 6) is -0.0775. The number of hydrogen-bond donors (Lipinski definition) is 1. The summed E-state index contributed by atoms with van der Waals surface area (Å²) >= 11 is 8.51. The highest BCUT2D eigenvalue weighted by molar-refractivity contribution is 7.99. The van der Waals surface area contributed by atoms with Gasteiger partial charge in [0.1, 0.15) is 23.2 Å². The maximum atomic E-state index is 13.4. The van der Waals surface area contributed by atoms with Gasteiger partial charge in [-0.3, -0.25) is 4.79 Å². The first-order valence-corrected chi connectivity index (χ1v) is 13.8. The topological polar surface area (TPSA) is 95.3 Å². The van der Waals surface area contributed by atoms with Crippen molar-refractivity contribution in [3.05, 3.63) is 50.9 Å². The number of esters is 1. The van der Waals surface area contributed by atoms with Crippen molar-refractivity contribution in [3.63, 3.8) is 0 Å². The molecule has 0 unspecified atom stereocenters. The van der Waals surface area contributed by atoms with E-state index in [1.807, 2.05) is 11.5 Å². The number of hydrogen-bond acceptors (Lipinski definition) is 8. The molecule has 2 heterocycles.